The second-order valence-electron chi connectivity index (χ2n) is 4.61. The van der Waals surface area contributed by atoms with Crippen LogP contribution in [0.2, 0.25) is 5.15 Å². The van der Waals surface area contributed by atoms with Crippen molar-refractivity contribution in [3.8, 4) is 11.1 Å². The van der Waals surface area contributed by atoms with Crippen LogP contribution in [0.25, 0.3) is 11.1 Å². The van der Waals surface area contributed by atoms with Crippen LogP contribution in [0.1, 0.15) is 16.7 Å². The van der Waals surface area contributed by atoms with E-state index < -0.39 is 11.7 Å². The highest BCUT2D eigenvalue weighted by atomic mass is 35.5. The molecule has 3 rings (SSSR count). The van der Waals surface area contributed by atoms with E-state index in [-0.39, 0.29) is 10.7 Å². The van der Waals surface area contributed by atoms with Crippen LogP contribution in [0.15, 0.2) is 30.5 Å². The number of aromatic nitrogens is 1. The van der Waals surface area contributed by atoms with E-state index in [4.69, 9.17) is 11.6 Å². The number of benzene rings is 1. The number of fused-ring (bicyclic) bond motifs is 1. The highest BCUT2D eigenvalue weighted by Crippen LogP contribution is 2.40. The van der Waals surface area contributed by atoms with Crippen molar-refractivity contribution in [1.82, 2.24) is 10.3 Å². The van der Waals surface area contributed by atoms with Crippen LogP contribution in [-0.4, -0.2) is 4.98 Å². The lowest BCUT2D eigenvalue weighted by Gasteiger charge is -2.14. The van der Waals surface area contributed by atoms with Crippen molar-refractivity contribution in [2.75, 3.05) is 0 Å². The molecular formula is C14H10ClF3N2. The number of hydrogen-bond acceptors (Lipinski definition) is 2. The van der Waals surface area contributed by atoms with E-state index >= 15 is 0 Å². The third kappa shape index (κ3) is 2.27. The van der Waals surface area contributed by atoms with E-state index in [1.165, 1.54) is 0 Å². The molecule has 2 nitrogen and oxygen atoms in total. The molecule has 1 aliphatic rings. The molecule has 0 saturated carbocycles. The Morgan fingerprint density at radius 1 is 1.10 bits per heavy atom. The second-order valence-corrected chi connectivity index (χ2v) is 4.97. The van der Waals surface area contributed by atoms with Gasteiger partial charge in [0.1, 0.15) is 5.15 Å². The van der Waals surface area contributed by atoms with Crippen LogP contribution in [0.4, 0.5) is 13.2 Å². The van der Waals surface area contributed by atoms with Crippen molar-refractivity contribution in [1.29, 1.82) is 0 Å². The Labute approximate surface area is 118 Å². The standard InChI is InChI=1S/C14H10ClF3N2/c15-13-12(11(3-4-20-13)14(16,17)18)8-1-2-9-6-19-7-10(9)5-8/h1-5,19H,6-7H2. The molecule has 0 aliphatic carbocycles. The molecular weight excluding hydrogens is 289 g/mol. The van der Waals surface area contributed by atoms with Gasteiger partial charge >= 0.3 is 6.18 Å². The Morgan fingerprint density at radius 2 is 1.85 bits per heavy atom. The lowest BCUT2D eigenvalue weighted by molar-refractivity contribution is -0.137. The van der Waals surface area contributed by atoms with Crippen molar-refractivity contribution in [2.24, 2.45) is 0 Å². The maximum atomic E-state index is 13.1. The van der Waals surface area contributed by atoms with E-state index in [2.05, 4.69) is 10.3 Å². The van der Waals surface area contributed by atoms with Crippen molar-refractivity contribution >= 4 is 11.6 Å². The smallest absolute Gasteiger partial charge is 0.309 e. The number of nitrogens with zero attached hydrogens (tertiary/aromatic N) is 1. The molecule has 1 aliphatic heterocycles. The van der Waals surface area contributed by atoms with Gasteiger partial charge in [-0.05, 0) is 28.8 Å². The maximum absolute atomic E-state index is 13.1. The summed E-state index contributed by atoms with van der Waals surface area (Å²) in [7, 11) is 0. The molecule has 0 saturated heterocycles. The van der Waals surface area contributed by atoms with Crippen LogP contribution in [0.3, 0.4) is 0 Å². The molecule has 0 fully saturated rings. The maximum Gasteiger partial charge on any atom is 0.417 e. The van der Waals surface area contributed by atoms with E-state index in [9.17, 15) is 13.2 Å². The Balaban J connectivity index is 2.19. The van der Waals surface area contributed by atoms with Gasteiger partial charge in [0.25, 0.3) is 0 Å². The van der Waals surface area contributed by atoms with Gasteiger partial charge in [0.05, 0.1) is 5.56 Å². The van der Waals surface area contributed by atoms with Crippen molar-refractivity contribution in [2.45, 2.75) is 19.3 Å². The molecule has 0 radical (unpaired) electrons. The fraction of sp³-hybridized carbons (Fsp3) is 0.214. The minimum absolute atomic E-state index is 0.0589. The summed E-state index contributed by atoms with van der Waals surface area (Å²) in [5.74, 6) is 0. The monoisotopic (exact) mass is 298 g/mol. The molecule has 1 aromatic heterocycles. The molecule has 0 amide bonds. The van der Waals surface area contributed by atoms with Gasteiger partial charge < -0.3 is 5.32 Å². The van der Waals surface area contributed by atoms with Crippen molar-refractivity contribution in [3.05, 3.63) is 52.3 Å². The first-order valence-electron chi connectivity index (χ1n) is 6.01. The van der Waals surface area contributed by atoms with E-state index in [0.717, 1.165) is 29.9 Å². The lowest BCUT2D eigenvalue weighted by Crippen LogP contribution is -2.08. The molecule has 0 atom stereocenters. The van der Waals surface area contributed by atoms with Crippen molar-refractivity contribution < 1.29 is 13.2 Å². The van der Waals surface area contributed by atoms with Gasteiger partial charge in [-0.3, -0.25) is 0 Å². The summed E-state index contributed by atoms with van der Waals surface area (Å²) in [4.78, 5) is 3.77. The van der Waals surface area contributed by atoms with Crippen molar-refractivity contribution in [3.63, 3.8) is 0 Å². The Morgan fingerprint density at radius 3 is 2.60 bits per heavy atom. The van der Waals surface area contributed by atoms with Crippen LogP contribution in [0.5, 0.6) is 0 Å². The number of hydrogen-bond donors (Lipinski definition) is 1. The molecule has 6 heteroatoms. The first kappa shape index (κ1) is 13.4. The molecule has 0 unspecified atom stereocenters. The SMILES string of the molecule is FC(F)(F)c1ccnc(Cl)c1-c1ccc2c(c1)CNC2. The summed E-state index contributed by atoms with van der Waals surface area (Å²) in [5, 5.41) is 3.02. The molecule has 1 N–H and O–H groups in total. The topological polar surface area (TPSA) is 24.9 Å². The molecule has 20 heavy (non-hydrogen) atoms. The van der Waals surface area contributed by atoms with Gasteiger partial charge in [-0.2, -0.15) is 13.2 Å². The molecule has 0 bridgehead atoms. The zero-order valence-electron chi connectivity index (χ0n) is 10.3. The summed E-state index contributed by atoms with van der Waals surface area (Å²) >= 11 is 5.89. The Kier molecular flexibility index (Phi) is 3.18. The quantitative estimate of drug-likeness (QED) is 0.804. The van der Waals surface area contributed by atoms with Gasteiger partial charge in [-0.1, -0.05) is 23.7 Å². The minimum atomic E-state index is -4.46. The van der Waals surface area contributed by atoms with Gasteiger partial charge in [-0.25, -0.2) is 4.98 Å². The summed E-state index contributed by atoms with van der Waals surface area (Å²) < 4.78 is 39.3. The number of pyridine rings is 1. The second kappa shape index (κ2) is 4.75. The van der Waals surface area contributed by atoms with Crippen LogP contribution in [-0.2, 0) is 19.3 Å². The largest absolute Gasteiger partial charge is 0.417 e. The van der Waals surface area contributed by atoms with Crippen LogP contribution < -0.4 is 5.32 Å². The molecule has 0 spiro atoms. The summed E-state index contributed by atoms with van der Waals surface area (Å²) in [6.45, 7) is 1.39. The van der Waals surface area contributed by atoms with Gasteiger partial charge in [0, 0.05) is 24.8 Å². The number of rotatable bonds is 1. The summed E-state index contributed by atoms with van der Waals surface area (Å²) in [6.07, 6.45) is -3.39. The van der Waals surface area contributed by atoms with E-state index in [1.807, 2.05) is 6.07 Å². The van der Waals surface area contributed by atoms with E-state index in [0.29, 0.717) is 12.1 Å². The zero-order valence-corrected chi connectivity index (χ0v) is 11.0. The van der Waals surface area contributed by atoms with Gasteiger partial charge in [-0.15, -0.1) is 0 Å². The lowest BCUT2D eigenvalue weighted by atomic mass is 9.98. The zero-order chi connectivity index (χ0) is 14.3. The normalized spacial score (nSPS) is 14.4. The first-order valence-corrected chi connectivity index (χ1v) is 6.39. The summed E-state index contributed by atoms with van der Waals surface area (Å²) in [5.41, 5.74) is 1.72. The molecule has 2 heterocycles. The highest BCUT2D eigenvalue weighted by Gasteiger charge is 2.35. The van der Waals surface area contributed by atoms with Crippen LogP contribution in [0, 0.1) is 0 Å². The average Bonchev–Trinajstić information content (AvgIpc) is 2.84. The van der Waals surface area contributed by atoms with Crippen LogP contribution >= 0.6 is 11.6 Å². The Hall–Kier alpha value is -1.59. The first-order chi connectivity index (χ1) is 9.47. The average molecular weight is 299 g/mol. The molecule has 2 aromatic rings. The number of nitrogens with one attached hydrogen (secondary N) is 1. The molecule has 1 aromatic carbocycles. The predicted octanol–water partition coefficient (Wildman–Crippen LogP) is 4.02. The van der Waals surface area contributed by atoms with Gasteiger partial charge in [0.15, 0.2) is 0 Å². The summed E-state index contributed by atoms with van der Waals surface area (Å²) in [6, 6.07) is 6.18. The van der Waals surface area contributed by atoms with E-state index in [1.54, 1.807) is 12.1 Å². The fourth-order valence-electron chi connectivity index (χ4n) is 2.40. The predicted molar refractivity (Wildman–Crippen MR) is 70.2 cm³/mol. The van der Waals surface area contributed by atoms with Gasteiger partial charge in [0.2, 0.25) is 0 Å². The third-order valence-electron chi connectivity index (χ3n) is 3.34. The number of alkyl halides is 3. The number of halogens is 4. The Bertz CT molecular complexity index is 668. The highest BCUT2D eigenvalue weighted by molar-refractivity contribution is 6.32. The minimum Gasteiger partial charge on any atom is -0.309 e. The molecule has 104 valence electrons. The third-order valence-corrected chi connectivity index (χ3v) is 3.62. The fourth-order valence-corrected chi connectivity index (χ4v) is 2.66.